The Morgan fingerprint density at radius 2 is 2.06 bits per heavy atom. The Kier molecular flexibility index (Phi) is 6.18. The fraction of sp³-hybridized carbons (Fsp3) is 0.462. The lowest BCUT2D eigenvalue weighted by molar-refractivity contribution is 0.0616. The number of methoxy groups -OCH3 is 1. The van der Waals surface area contributed by atoms with Crippen LogP contribution in [0.25, 0.3) is 0 Å². The lowest BCUT2D eigenvalue weighted by atomic mass is 10.2. The molecule has 0 unspecified atom stereocenters. The summed E-state index contributed by atoms with van der Waals surface area (Å²) in [5.41, 5.74) is 0.532. The summed E-state index contributed by atoms with van der Waals surface area (Å²) < 4.78 is 10.3. The molecule has 0 aliphatic heterocycles. The van der Waals surface area contributed by atoms with Gasteiger partial charge in [-0.15, -0.1) is 0 Å². The van der Waals surface area contributed by atoms with Gasteiger partial charge in [-0.2, -0.15) is 0 Å². The van der Waals surface area contributed by atoms with Crippen molar-refractivity contribution < 1.29 is 19.4 Å². The van der Waals surface area contributed by atoms with Gasteiger partial charge < -0.3 is 19.5 Å². The molecule has 1 rings (SSSR count). The van der Waals surface area contributed by atoms with Gasteiger partial charge in [-0.05, 0) is 12.1 Å². The van der Waals surface area contributed by atoms with Crippen LogP contribution in [-0.4, -0.2) is 56.4 Å². The number of aliphatic hydroxyl groups excluding tert-OH is 1. The van der Waals surface area contributed by atoms with Crippen molar-refractivity contribution in [1.82, 2.24) is 4.90 Å². The highest BCUT2D eigenvalue weighted by Crippen LogP contribution is 2.18. The molecule has 18 heavy (non-hydrogen) atoms. The van der Waals surface area contributed by atoms with Gasteiger partial charge >= 0.3 is 0 Å². The minimum Gasteiger partial charge on any atom is -0.496 e. The van der Waals surface area contributed by atoms with Gasteiger partial charge in [0.1, 0.15) is 5.75 Å². The standard InChI is InChI=1S/C13H19NO4/c1-14(7-9-18-10-8-15)13(16)11-5-3-4-6-12(11)17-2/h3-6,15H,7-10H2,1-2H3. The fourth-order valence-electron chi connectivity index (χ4n) is 1.50. The monoisotopic (exact) mass is 253 g/mol. The van der Waals surface area contributed by atoms with Crippen LogP contribution in [0.5, 0.6) is 5.75 Å². The molecule has 1 aromatic carbocycles. The van der Waals surface area contributed by atoms with E-state index in [-0.39, 0.29) is 19.1 Å². The highest BCUT2D eigenvalue weighted by molar-refractivity contribution is 5.96. The van der Waals surface area contributed by atoms with Crippen molar-refractivity contribution >= 4 is 5.91 Å². The number of rotatable bonds is 7. The van der Waals surface area contributed by atoms with E-state index in [2.05, 4.69) is 0 Å². The maximum atomic E-state index is 12.1. The van der Waals surface area contributed by atoms with E-state index >= 15 is 0 Å². The van der Waals surface area contributed by atoms with Crippen LogP contribution in [0.15, 0.2) is 24.3 Å². The average molecular weight is 253 g/mol. The van der Waals surface area contributed by atoms with Crippen molar-refractivity contribution in [3.8, 4) is 5.75 Å². The van der Waals surface area contributed by atoms with Crippen molar-refractivity contribution in [2.24, 2.45) is 0 Å². The molecule has 1 amide bonds. The molecule has 1 N–H and O–H groups in total. The van der Waals surface area contributed by atoms with Gasteiger partial charge in [-0.1, -0.05) is 12.1 Å². The summed E-state index contributed by atoms with van der Waals surface area (Å²) in [6.07, 6.45) is 0. The van der Waals surface area contributed by atoms with Crippen molar-refractivity contribution in [3.63, 3.8) is 0 Å². The van der Waals surface area contributed by atoms with E-state index in [9.17, 15) is 4.79 Å². The lowest BCUT2D eigenvalue weighted by Crippen LogP contribution is -2.30. The third-order valence-corrected chi connectivity index (χ3v) is 2.49. The zero-order chi connectivity index (χ0) is 13.4. The van der Waals surface area contributed by atoms with Crippen molar-refractivity contribution in [2.75, 3.05) is 40.5 Å². The van der Waals surface area contributed by atoms with Crippen LogP contribution in [0.3, 0.4) is 0 Å². The topological polar surface area (TPSA) is 59.0 Å². The molecule has 5 heteroatoms. The van der Waals surface area contributed by atoms with Crippen LogP contribution in [0.1, 0.15) is 10.4 Å². The van der Waals surface area contributed by atoms with E-state index in [4.69, 9.17) is 14.6 Å². The molecule has 0 saturated carbocycles. The van der Waals surface area contributed by atoms with E-state index in [1.165, 1.54) is 7.11 Å². The predicted octanol–water partition coefficient (Wildman–Crippen LogP) is 0.776. The summed E-state index contributed by atoms with van der Waals surface area (Å²) in [5.74, 6) is 0.450. The molecule has 5 nitrogen and oxygen atoms in total. The average Bonchev–Trinajstić information content (AvgIpc) is 2.42. The Morgan fingerprint density at radius 3 is 2.72 bits per heavy atom. The molecular weight excluding hydrogens is 234 g/mol. The van der Waals surface area contributed by atoms with Crippen LogP contribution in [-0.2, 0) is 4.74 Å². The first-order valence-corrected chi connectivity index (χ1v) is 5.77. The molecule has 0 saturated heterocycles. The number of para-hydroxylation sites is 1. The number of benzene rings is 1. The Labute approximate surface area is 107 Å². The number of likely N-dealkylation sites (N-methyl/N-ethyl adjacent to an activating group) is 1. The normalized spacial score (nSPS) is 10.2. The van der Waals surface area contributed by atoms with Gasteiger partial charge in [0.25, 0.3) is 5.91 Å². The maximum absolute atomic E-state index is 12.1. The number of nitrogens with zero attached hydrogens (tertiary/aromatic N) is 1. The maximum Gasteiger partial charge on any atom is 0.257 e. The van der Waals surface area contributed by atoms with Crippen molar-refractivity contribution in [3.05, 3.63) is 29.8 Å². The first kappa shape index (κ1) is 14.5. The molecule has 100 valence electrons. The number of carbonyl (C=O) groups excluding carboxylic acids is 1. The molecule has 0 atom stereocenters. The largest absolute Gasteiger partial charge is 0.496 e. The Balaban J connectivity index is 2.57. The number of ether oxygens (including phenoxy) is 2. The van der Waals surface area contributed by atoms with E-state index < -0.39 is 0 Å². The number of aliphatic hydroxyl groups is 1. The first-order chi connectivity index (χ1) is 8.70. The molecule has 1 aromatic rings. The molecular formula is C13H19NO4. The van der Waals surface area contributed by atoms with E-state index in [1.807, 2.05) is 6.07 Å². The number of amides is 1. The van der Waals surface area contributed by atoms with Gasteiger partial charge in [-0.3, -0.25) is 4.79 Å². The number of hydrogen-bond donors (Lipinski definition) is 1. The van der Waals surface area contributed by atoms with E-state index in [0.29, 0.717) is 24.5 Å². The lowest BCUT2D eigenvalue weighted by Gasteiger charge is -2.18. The molecule has 0 fully saturated rings. The van der Waals surface area contributed by atoms with Gasteiger partial charge in [0, 0.05) is 13.6 Å². The van der Waals surface area contributed by atoms with E-state index in [1.54, 1.807) is 30.1 Å². The summed E-state index contributed by atoms with van der Waals surface area (Å²) in [7, 11) is 3.24. The van der Waals surface area contributed by atoms with Crippen LogP contribution < -0.4 is 4.74 Å². The van der Waals surface area contributed by atoms with Crippen molar-refractivity contribution in [2.45, 2.75) is 0 Å². The van der Waals surface area contributed by atoms with Gasteiger partial charge in [0.15, 0.2) is 0 Å². The second-order valence-electron chi connectivity index (χ2n) is 3.76. The Morgan fingerprint density at radius 1 is 1.33 bits per heavy atom. The Bertz CT molecular complexity index is 381. The van der Waals surface area contributed by atoms with Crippen LogP contribution >= 0.6 is 0 Å². The molecule has 0 radical (unpaired) electrons. The predicted molar refractivity (Wildman–Crippen MR) is 67.9 cm³/mol. The molecule has 0 aliphatic carbocycles. The highest BCUT2D eigenvalue weighted by atomic mass is 16.5. The van der Waals surface area contributed by atoms with Gasteiger partial charge in [0.2, 0.25) is 0 Å². The van der Waals surface area contributed by atoms with E-state index in [0.717, 1.165) is 0 Å². The summed E-state index contributed by atoms with van der Waals surface area (Å²) in [4.78, 5) is 13.7. The second-order valence-corrected chi connectivity index (χ2v) is 3.76. The summed E-state index contributed by atoms with van der Waals surface area (Å²) in [6.45, 7) is 1.15. The third-order valence-electron chi connectivity index (χ3n) is 2.49. The molecule has 0 bridgehead atoms. The van der Waals surface area contributed by atoms with Crippen LogP contribution in [0.2, 0.25) is 0 Å². The van der Waals surface area contributed by atoms with Crippen LogP contribution in [0.4, 0.5) is 0 Å². The zero-order valence-electron chi connectivity index (χ0n) is 10.8. The van der Waals surface area contributed by atoms with Crippen LogP contribution in [0, 0.1) is 0 Å². The number of carbonyl (C=O) groups is 1. The Hall–Kier alpha value is -1.59. The molecule has 0 heterocycles. The quantitative estimate of drug-likeness (QED) is 0.729. The molecule has 0 spiro atoms. The third kappa shape index (κ3) is 4.01. The van der Waals surface area contributed by atoms with Gasteiger partial charge in [0.05, 0.1) is 32.5 Å². The highest BCUT2D eigenvalue weighted by Gasteiger charge is 2.15. The molecule has 0 aromatic heterocycles. The zero-order valence-corrected chi connectivity index (χ0v) is 10.8. The summed E-state index contributed by atoms with van der Waals surface area (Å²) in [5, 5.41) is 8.56. The summed E-state index contributed by atoms with van der Waals surface area (Å²) in [6, 6.07) is 7.10. The van der Waals surface area contributed by atoms with Gasteiger partial charge in [-0.25, -0.2) is 0 Å². The summed E-state index contributed by atoms with van der Waals surface area (Å²) >= 11 is 0. The smallest absolute Gasteiger partial charge is 0.257 e. The molecule has 0 aliphatic rings. The van der Waals surface area contributed by atoms with Crippen molar-refractivity contribution in [1.29, 1.82) is 0 Å². The number of hydrogen-bond acceptors (Lipinski definition) is 4. The SMILES string of the molecule is COc1ccccc1C(=O)N(C)CCOCCO. The minimum absolute atomic E-state index is 0.00975. The first-order valence-electron chi connectivity index (χ1n) is 5.77. The second kappa shape index (κ2) is 7.68. The minimum atomic E-state index is -0.111. The fourth-order valence-corrected chi connectivity index (χ4v) is 1.50.